The zero-order valence-electron chi connectivity index (χ0n) is 13.4. The van der Waals surface area contributed by atoms with E-state index in [4.69, 9.17) is 11.6 Å². The second kappa shape index (κ2) is 8.11. The molecule has 0 bridgehead atoms. The van der Waals surface area contributed by atoms with Gasteiger partial charge in [0.05, 0.1) is 12.5 Å². The summed E-state index contributed by atoms with van der Waals surface area (Å²) in [7, 11) is 0. The zero-order chi connectivity index (χ0) is 16.8. The lowest BCUT2D eigenvalue weighted by Gasteiger charge is -2.21. The van der Waals surface area contributed by atoms with E-state index >= 15 is 0 Å². The van der Waals surface area contributed by atoms with Crippen molar-refractivity contribution < 1.29 is 9.18 Å². The lowest BCUT2D eigenvalue weighted by Crippen LogP contribution is -2.31. The van der Waals surface area contributed by atoms with Crippen LogP contribution in [0.3, 0.4) is 0 Å². The number of hydrogen-bond donors (Lipinski definition) is 1. The van der Waals surface area contributed by atoms with E-state index in [1.54, 1.807) is 12.1 Å². The second-order valence-corrected chi connectivity index (χ2v) is 6.51. The van der Waals surface area contributed by atoms with Gasteiger partial charge in [-0.3, -0.25) is 4.79 Å². The first kappa shape index (κ1) is 17.5. The molecule has 0 spiro atoms. The fourth-order valence-corrected chi connectivity index (χ4v) is 2.68. The average Bonchev–Trinajstić information content (AvgIpc) is 2.50. The fraction of sp³-hybridized carbons (Fsp3) is 0.316. The Labute approximate surface area is 141 Å². The monoisotopic (exact) mass is 333 g/mol. The van der Waals surface area contributed by atoms with Crippen LogP contribution in [0.5, 0.6) is 0 Å². The molecule has 1 atom stereocenters. The van der Waals surface area contributed by atoms with Crippen LogP contribution < -0.4 is 5.32 Å². The Kier molecular flexibility index (Phi) is 6.17. The smallest absolute Gasteiger partial charge is 0.225 e. The molecule has 4 heteroatoms. The quantitative estimate of drug-likeness (QED) is 0.798. The first-order valence-corrected chi connectivity index (χ1v) is 8.11. The van der Waals surface area contributed by atoms with Crippen LogP contribution in [0.4, 0.5) is 4.39 Å². The normalized spacial score (nSPS) is 12.2. The van der Waals surface area contributed by atoms with Gasteiger partial charge in [0.15, 0.2) is 0 Å². The van der Waals surface area contributed by atoms with Crippen LogP contribution in [0.15, 0.2) is 48.5 Å². The van der Waals surface area contributed by atoms with E-state index in [9.17, 15) is 9.18 Å². The van der Waals surface area contributed by atoms with Crippen molar-refractivity contribution in [1.29, 1.82) is 0 Å². The topological polar surface area (TPSA) is 29.1 Å². The first-order valence-electron chi connectivity index (χ1n) is 7.74. The Hall–Kier alpha value is -1.87. The van der Waals surface area contributed by atoms with Crippen LogP contribution in [-0.4, -0.2) is 5.91 Å². The molecular formula is C19H21ClFNO. The molecule has 0 aliphatic rings. The molecule has 2 aromatic carbocycles. The maximum absolute atomic E-state index is 13.8. The molecule has 2 rings (SSSR count). The fourth-order valence-electron chi connectivity index (χ4n) is 2.52. The summed E-state index contributed by atoms with van der Waals surface area (Å²) in [6.07, 6.45) is 0.837. The van der Waals surface area contributed by atoms with Gasteiger partial charge in [-0.25, -0.2) is 4.39 Å². The molecule has 1 N–H and O–H groups in total. The van der Waals surface area contributed by atoms with E-state index in [1.807, 2.05) is 30.3 Å². The van der Waals surface area contributed by atoms with Gasteiger partial charge in [-0.05, 0) is 35.6 Å². The molecule has 23 heavy (non-hydrogen) atoms. The highest BCUT2D eigenvalue weighted by Gasteiger charge is 2.17. The number of nitrogens with one attached hydrogen (secondary N) is 1. The number of hydrogen-bond acceptors (Lipinski definition) is 1. The van der Waals surface area contributed by atoms with Gasteiger partial charge in [0, 0.05) is 5.02 Å². The molecular weight excluding hydrogens is 313 g/mol. The van der Waals surface area contributed by atoms with Gasteiger partial charge in [-0.15, -0.1) is 0 Å². The molecule has 0 aliphatic carbocycles. The Bertz CT molecular complexity index is 658. The third-order valence-corrected chi connectivity index (χ3v) is 3.85. The lowest BCUT2D eigenvalue weighted by atomic mass is 9.96. The molecule has 2 aromatic rings. The minimum Gasteiger partial charge on any atom is -0.349 e. The summed E-state index contributed by atoms with van der Waals surface area (Å²) in [5.74, 6) is -0.207. The highest BCUT2D eigenvalue weighted by atomic mass is 35.5. The standard InChI is InChI=1S/C19H21ClFNO/c1-13(2)10-18(14-6-4-3-5-7-14)22-19(23)11-15-8-9-16(20)12-17(15)21/h3-9,12-13,18H,10-11H2,1-2H3,(H,22,23)/t18-/m1/s1. The highest BCUT2D eigenvalue weighted by Crippen LogP contribution is 2.22. The number of benzene rings is 2. The van der Waals surface area contributed by atoms with Gasteiger partial charge in [0.25, 0.3) is 0 Å². The molecule has 0 unspecified atom stereocenters. The number of carbonyl (C=O) groups excluding carboxylic acids is 1. The van der Waals surface area contributed by atoms with Gasteiger partial charge in [0.1, 0.15) is 5.82 Å². The number of amides is 1. The molecule has 1 amide bonds. The molecule has 0 fully saturated rings. The molecule has 2 nitrogen and oxygen atoms in total. The van der Waals surface area contributed by atoms with Crippen molar-refractivity contribution in [3.63, 3.8) is 0 Å². The van der Waals surface area contributed by atoms with Crippen molar-refractivity contribution >= 4 is 17.5 Å². The first-order chi connectivity index (χ1) is 11.0. The average molecular weight is 334 g/mol. The minimum absolute atomic E-state index is 0.00440. The van der Waals surface area contributed by atoms with Crippen molar-refractivity contribution in [3.8, 4) is 0 Å². The van der Waals surface area contributed by atoms with Crippen LogP contribution in [0, 0.1) is 11.7 Å². The molecule has 0 aliphatic heterocycles. The summed E-state index contributed by atoms with van der Waals surface area (Å²) >= 11 is 5.73. The van der Waals surface area contributed by atoms with Crippen molar-refractivity contribution in [2.24, 2.45) is 5.92 Å². The Morgan fingerprint density at radius 1 is 1.17 bits per heavy atom. The van der Waals surface area contributed by atoms with Gasteiger partial charge < -0.3 is 5.32 Å². The van der Waals surface area contributed by atoms with Crippen LogP contribution in [0.1, 0.15) is 37.4 Å². The second-order valence-electron chi connectivity index (χ2n) is 6.07. The molecule has 0 saturated carbocycles. The van der Waals surface area contributed by atoms with Crippen molar-refractivity contribution in [2.45, 2.75) is 32.7 Å². The van der Waals surface area contributed by atoms with Crippen LogP contribution in [0.2, 0.25) is 5.02 Å². The summed E-state index contributed by atoms with van der Waals surface area (Å²) < 4.78 is 13.8. The molecule has 122 valence electrons. The summed E-state index contributed by atoms with van der Waals surface area (Å²) in [5, 5.41) is 3.34. The molecule has 0 heterocycles. The van der Waals surface area contributed by atoms with E-state index in [1.165, 1.54) is 6.07 Å². The van der Waals surface area contributed by atoms with Crippen molar-refractivity contribution in [1.82, 2.24) is 5.32 Å². The summed E-state index contributed by atoms with van der Waals surface area (Å²) in [6, 6.07) is 14.1. The van der Waals surface area contributed by atoms with Crippen molar-refractivity contribution in [3.05, 3.63) is 70.5 Å². The number of halogens is 2. The van der Waals surface area contributed by atoms with E-state index in [0.717, 1.165) is 12.0 Å². The van der Waals surface area contributed by atoms with E-state index in [0.29, 0.717) is 16.5 Å². The number of carbonyl (C=O) groups is 1. The maximum Gasteiger partial charge on any atom is 0.225 e. The van der Waals surface area contributed by atoms with Crippen LogP contribution in [-0.2, 0) is 11.2 Å². The SMILES string of the molecule is CC(C)C[C@@H](NC(=O)Cc1ccc(Cl)cc1F)c1ccccc1. The summed E-state index contributed by atoms with van der Waals surface area (Å²) in [6.45, 7) is 4.22. The Balaban J connectivity index is 2.08. The van der Waals surface area contributed by atoms with E-state index in [2.05, 4.69) is 19.2 Å². The maximum atomic E-state index is 13.8. The predicted molar refractivity (Wildman–Crippen MR) is 91.9 cm³/mol. The Morgan fingerprint density at radius 3 is 2.48 bits per heavy atom. The Morgan fingerprint density at radius 2 is 1.87 bits per heavy atom. The van der Waals surface area contributed by atoms with Crippen LogP contribution >= 0.6 is 11.6 Å². The van der Waals surface area contributed by atoms with Gasteiger partial charge >= 0.3 is 0 Å². The predicted octanol–water partition coefficient (Wildman–Crippen LogP) is 4.93. The number of rotatable bonds is 6. The third-order valence-electron chi connectivity index (χ3n) is 3.61. The van der Waals surface area contributed by atoms with Crippen LogP contribution in [0.25, 0.3) is 0 Å². The highest BCUT2D eigenvalue weighted by molar-refractivity contribution is 6.30. The summed E-state index contributed by atoms with van der Waals surface area (Å²) in [4.78, 5) is 12.3. The van der Waals surface area contributed by atoms with Gasteiger partial charge in [0.2, 0.25) is 5.91 Å². The minimum atomic E-state index is -0.451. The van der Waals surface area contributed by atoms with Gasteiger partial charge in [-0.1, -0.05) is 61.8 Å². The third kappa shape index (κ3) is 5.36. The van der Waals surface area contributed by atoms with Crippen molar-refractivity contribution in [2.75, 3.05) is 0 Å². The summed E-state index contributed by atoms with van der Waals surface area (Å²) in [5.41, 5.74) is 1.41. The zero-order valence-corrected chi connectivity index (χ0v) is 14.1. The molecule has 0 saturated heterocycles. The van der Waals surface area contributed by atoms with E-state index < -0.39 is 5.82 Å². The van der Waals surface area contributed by atoms with Gasteiger partial charge in [-0.2, -0.15) is 0 Å². The molecule has 0 aromatic heterocycles. The lowest BCUT2D eigenvalue weighted by molar-refractivity contribution is -0.121. The molecule has 0 radical (unpaired) electrons. The largest absolute Gasteiger partial charge is 0.349 e. The van der Waals surface area contributed by atoms with E-state index in [-0.39, 0.29) is 18.4 Å².